The van der Waals surface area contributed by atoms with Crippen LogP contribution in [0.15, 0.2) is 28.8 Å². The Kier molecular flexibility index (Phi) is 6.28. The van der Waals surface area contributed by atoms with Gasteiger partial charge in [0.25, 0.3) is 0 Å². The van der Waals surface area contributed by atoms with Crippen LogP contribution in [0.5, 0.6) is 5.75 Å². The van der Waals surface area contributed by atoms with E-state index in [0.717, 1.165) is 30.2 Å². The summed E-state index contributed by atoms with van der Waals surface area (Å²) in [5.41, 5.74) is 0.869. The molecule has 0 aliphatic carbocycles. The largest absolute Gasteiger partial charge is 0.497 e. The van der Waals surface area contributed by atoms with Crippen LogP contribution in [0.4, 0.5) is 0 Å². The molecule has 11 heteroatoms. The number of piperazine rings is 1. The molecule has 5 rings (SSSR count). The van der Waals surface area contributed by atoms with E-state index in [9.17, 15) is 9.59 Å². The van der Waals surface area contributed by atoms with E-state index in [1.165, 1.54) is 0 Å². The lowest BCUT2D eigenvalue weighted by Crippen LogP contribution is -2.60. The Labute approximate surface area is 201 Å². The lowest BCUT2D eigenvalue weighted by Gasteiger charge is -2.42. The van der Waals surface area contributed by atoms with Crippen molar-refractivity contribution in [1.82, 2.24) is 24.8 Å². The van der Waals surface area contributed by atoms with Gasteiger partial charge >= 0.3 is 0 Å². The number of nitrogens with zero attached hydrogens (tertiary/aromatic N) is 5. The molecule has 3 aliphatic heterocycles. The first-order valence-corrected chi connectivity index (χ1v) is 13.1. The summed E-state index contributed by atoms with van der Waals surface area (Å²) in [6, 6.07) is 7.18. The summed E-state index contributed by atoms with van der Waals surface area (Å²) in [4.78, 5) is 36.0. The summed E-state index contributed by atoms with van der Waals surface area (Å²) >= 11 is 3.39. The van der Waals surface area contributed by atoms with Crippen LogP contribution in [0, 0.1) is 0 Å². The number of thioether (sulfide) groups is 2. The highest BCUT2D eigenvalue weighted by Crippen LogP contribution is 2.44. The van der Waals surface area contributed by atoms with E-state index in [1.807, 2.05) is 34.1 Å². The maximum Gasteiger partial charge on any atom is 0.246 e. The lowest BCUT2D eigenvalue weighted by atomic mass is 10.1. The maximum absolute atomic E-state index is 13.3. The third-order valence-corrected chi connectivity index (χ3v) is 9.23. The van der Waals surface area contributed by atoms with Crippen molar-refractivity contribution in [3.05, 3.63) is 30.2 Å². The van der Waals surface area contributed by atoms with Gasteiger partial charge in [-0.15, -0.1) is 23.5 Å². The smallest absolute Gasteiger partial charge is 0.246 e. The van der Waals surface area contributed by atoms with Crippen LogP contribution in [-0.4, -0.2) is 98.1 Å². The van der Waals surface area contributed by atoms with Gasteiger partial charge in [-0.05, 0) is 31.2 Å². The molecule has 0 unspecified atom stereocenters. The molecule has 0 bridgehead atoms. The van der Waals surface area contributed by atoms with Crippen molar-refractivity contribution in [3.63, 3.8) is 0 Å². The first-order chi connectivity index (χ1) is 16.0. The number of carbonyl (C=O) groups is 2. The van der Waals surface area contributed by atoms with Gasteiger partial charge in [0.05, 0.1) is 24.3 Å². The summed E-state index contributed by atoms with van der Waals surface area (Å²) < 4.78 is 10.6. The standard InChI is InChI=1S/C22H27N5O4S2/c1-22-14-32-13-19(28)27(22)17(12-33-22)21(29)26-9-7-25(8-10-26)11-18-23-20(24-31-18)15-3-5-16(30-2)6-4-15/h3-6,17H,7-14H2,1-2H3/t17-,22+/m1/s1. The molecule has 3 saturated heterocycles. The minimum Gasteiger partial charge on any atom is -0.497 e. The third-order valence-electron chi connectivity index (χ3n) is 6.38. The number of aromatic nitrogens is 2. The van der Waals surface area contributed by atoms with Crippen molar-refractivity contribution in [2.45, 2.75) is 24.4 Å². The number of methoxy groups -OCH3 is 1. The number of amides is 2. The summed E-state index contributed by atoms with van der Waals surface area (Å²) in [5, 5.41) is 4.10. The second-order valence-electron chi connectivity index (χ2n) is 8.60. The molecule has 9 nitrogen and oxygen atoms in total. The number of fused-ring (bicyclic) bond motifs is 1. The van der Waals surface area contributed by atoms with Crippen LogP contribution < -0.4 is 4.74 Å². The molecule has 2 aromatic rings. The van der Waals surface area contributed by atoms with Crippen molar-refractivity contribution in [3.8, 4) is 17.1 Å². The van der Waals surface area contributed by atoms with Gasteiger partial charge in [-0.3, -0.25) is 14.5 Å². The number of hydrogen-bond acceptors (Lipinski definition) is 9. The van der Waals surface area contributed by atoms with Gasteiger partial charge in [0.2, 0.25) is 23.5 Å². The van der Waals surface area contributed by atoms with Gasteiger partial charge in [0.1, 0.15) is 11.8 Å². The minimum atomic E-state index is -0.344. The van der Waals surface area contributed by atoms with Gasteiger partial charge in [-0.2, -0.15) is 4.98 Å². The normalized spacial score (nSPS) is 25.9. The summed E-state index contributed by atoms with van der Waals surface area (Å²) in [7, 11) is 1.63. The van der Waals surface area contributed by atoms with Crippen LogP contribution in [0.3, 0.4) is 0 Å². The molecule has 0 N–H and O–H groups in total. The summed E-state index contributed by atoms with van der Waals surface area (Å²) in [6.07, 6.45) is 0. The minimum absolute atomic E-state index is 0.0747. The highest BCUT2D eigenvalue weighted by atomic mass is 32.2. The Morgan fingerprint density at radius 2 is 2.00 bits per heavy atom. The Morgan fingerprint density at radius 3 is 2.73 bits per heavy atom. The van der Waals surface area contributed by atoms with Crippen LogP contribution in [0.25, 0.3) is 11.4 Å². The molecule has 1 aromatic heterocycles. The zero-order valence-electron chi connectivity index (χ0n) is 18.7. The second-order valence-corrected chi connectivity index (χ2v) is 11.1. The van der Waals surface area contributed by atoms with Gasteiger partial charge in [-0.1, -0.05) is 5.16 Å². The third kappa shape index (κ3) is 4.45. The molecular weight excluding hydrogens is 462 g/mol. The molecule has 1 aromatic carbocycles. The van der Waals surface area contributed by atoms with Gasteiger partial charge in [0.15, 0.2) is 0 Å². The zero-order chi connectivity index (χ0) is 23.0. The van der Waals surface area contributed by atoms with E-state index in [0.29, 0.717) is 42.9 Å². The molecule has 2 atom stereocenters. The van der Waals surface area contributed by atoms with E-state index in [1.54, 1.807) is 30.6 Å². The summed E-state index contributed by atoms with van der Waals surface area (Å²) in [5.74, 6) is 4.07. The Hall–Kier alpha value is -2.24. The van der Waals surface area contributed by atoms with Crippen LogP contribution in [-0.2, 0) is 16.1 Å². The number of hydrogen-bond donors (Lipinski definition) is 0. The summed E-state index contributed by atoms with van der Waals surface area (Å²) in [6.45, 7) is 5.35. The highest BCUT2D eigenvalue weighted by Gasteiger charge is 2.52. The average molecular weight is 490 g/mol. The molecule has 4 heterocycles. The van der Waals surface area contributed by atoms with Crippen molar-refractivity contribution >= 4 is 35.3 Å². The topological polar surface area (TPSA) is 92.0 Å². The maximum atomic E-state index is 13.3. The van der Waals surface area contributed by atoms with E-state index in [4.69, 9.17) is 9.26 Å². The van der Waals surface area contributed by atoms with Crippen LogP contribution in [0.2, 0.25) is 0 Å². The fourth-order valence-electron chi connectivity index (χ4n) is 4.56. The molecule has 3 aliphatic rings. The fourth-order valence-corrected chi connectivity index (χ4v) is 7.26. The fraction of sp³-hybridized carbons (Fsp3) is 0.545. The number of carbonyl (C=O) groups excluding carboxylic acids is 2. The Bertz CT molecular complexity index is 1020. The van der Waals surface area contributed by atoms with Crippen molar-refractivity contribution in [1.29, 1.82) is 0 Å². The molecule has 0 saturated carbocycles. The van der Waals surface area contributed by atoms with Crippen molar-refractivity contribution < 1.29 is 18.8 Å². The molecular formula is C22H27N5O4S2. The average Bonchev–Trinajstić information content (AvgIpc) is 3.44. The molecule has 3 fully saturated rings. The van der Waals surface area contributed by atoms with E-state index >= 15 is 0 Å². The van der Waals surface area contributed by atoms with E-state index < -0.39 is 0 Å². The first kappa shape index (κ1) is 22.5. The SMILES string of the molecule is COc1ccc(-c2noc(CN3CCN(C(=O)[C@H]4CS[C@@]5(C)CSCC(=O)N45)CC3)n2)cc1. The predicted octanol–water partition coefficient (Wildman–Crippen LogP) is 1.80. The molecule has 176 valence electrons. The number of ether oxygens (including phenoxy) is 1. The van der Waals surface area contributed by atoms with Crippen molar-refractivity contribution in [2.75, 3.05) is 50.5 Å². The lowest BCUT2D eigenvalue weighted by molar-refractivity contribution is -0.146. The van der Waals surface area contributed by atoms with Gasteiger partial charge in [-0.25, -0.2) is 0 Å². The van der Waals surface area contributed by atoms with Gasteiger partial charge in [0, 0.05) is 43.2 Å². The highest BCUT2D eigenvalue weighted by molar-refractivity contribution is 8.04. The number of rotatable bonds is 5. The number of benzene rings is 1. The first-order valence-electron chi connectivity index (χ1n) is 11.0. The monoisotopic (exact) mass is 489 g/mol. The molecule has 0 radical (unpaired) electrons. The van der Waals surface area contributed by atoms with Gasteiger partial charge < -0.3 is 19.1 Å². The quantitative estimate of drug-likeness (QED) is 0.623. The molecule has 0 spiro atoms. The van der Waals surface area contributed by atoms with Crippen LogP contribution >= 0.6 is 23.5 Å². The molecule has 33 heavy (non-hydrogen) atoms. The predicted molar refractivity (Wildman–Crippen MR) is 127 cm³/mol. The Balaban J connectivity index is 1.16. The second kappa shape index (κ2) is 9.19. The zero-order valence-corrected chi connectivity index (χ0v) is 20.4. The molecule has 2 amide bonds. The van der Waals surface area contributed by atoms with E-state index in [-0.39, 0.29) is 22.7 Å². The van der Waals surface area contributed by atoms with Crippen molar-refractivity contribution in [2.24, 2.45) is 0 Å². The Morgan fingerprint density at radius 1 is 1.24 bits per heavy atom. The van der Waals surface area contributed by atoms with E-state index in [2.05, 4.69) is 22.0 Å². The van der Waals surface area contributed by atoms with Crippen LogP contribution in [0.1, 0.15) is 12.8 Å².